The number of benzene rings is 1. The molecule has 0 aliphatic heterocycles. The maximum absolute atomic E-state index is 14.4. The molecule has 3 N–H and O–H groups in total. The van der Waals surface area contributed by atoms with Crippen molar-refractivity contribution in [3.05, 3.63) is 48.1 Å². The van der Waals surface area contributed by atoms with Crippen molar-refractivity contribution in [1.82, 2.24) is 10.6 Å². The van der Waals surface area contributed by atoms with Crippen LogP contribution >= 0.6 is 0 Å². The Bertz CT molecular complexity index is 1630. The van der Waals surface area contributed by atoms with Crippen molar-refractivity contribution in [3.63, 3.8) is 0 Å². The van der Waals surface area contributed by atoms with E-state index in [1.165, 1.54) is 17.7 Å². The first-order valence-corrected chi connectivity index (χ1v) is 18.7. The monoisotopic (exact) mass is 711 g/mol. The van der Waals surface area contributed by atoms with E-state index in [1.807, 2.05) is 0 Å². The van der Waals surface area contributed by atoms with Gasteiger partial charge in [-0.25, -0.2) is 4.79 Å². The number of Topliss-reactive ketones (excluding diaryl/α,β-unsaturated/α-hetero) is 1. The molecule has 280 valence electrons. The van der Waals surface area contributed by atoms with Crippen LogP contribution in [0.4, 0.5) is 23.7 Å². The van der Waals surface area contributed by atoms with Gasteiger partial charge >= 0.3 is 12.4 Å². The van der Waals surface area contributed by atoms with E-state index in [4.69, 9.17) is 0 Å². The number of carbonyl (C=O) groups is 3. The number of amides is 3. The van der Waals surface area contributed by atoms with Crippen molar-refractivity contribution < 1.29 is 32.3 Å². The average Bonchev–Trinajstić information content (AvgIpc) is 3.02. The zero-order valence-electron chi connectivity index (χ0n) is 31.4. The number of urea groups is 1. The topological polar surface area (TPSA) is 96.5 Å². The smallest absolute Gasteiger partial charge is 0.406 e. The minimum Gasteiger partial charge on any atom is -0.406 e. The Hall–Kier alpha value is -3.30. The number of hydrogen-bond acceptors (Lipinski definition) is 4. The molecule has 51 heavy (non-hydrogen) atoms. The third-order valence-electron chi connectivity index (χ3n) is 14.8. The summed E-state index contributed by atoms with van der Waals surface area (Å²) in [6.45, 7) is 21.1. The van der Waals surface area contributed by atoms with Crippen molar-refractivity contribution in [2.45, 2.75) is 113 Å². The molecule has 5 aliphatic carbocycles. The number of alkyl halides is 3. The summed E-state index contributed by atoms with van der Waals surface area (Å²) in [5.41, 5.74) is 1.69. The van der Waals surface area contributed by atoms with E-state index in [-0.39, 0.29) is 58.1 Å². The molecular formula is C41H56F3N3O4. The average molecular weight is 712 g/mol. The van der Waals surface area contributed by atoms with Gasteiger partial charge in [0.15, 0.2) is 5.78 Å². The quantitative estimate of drug-likeness (QED) is 0.156. The molecule has 0 spiro atoms. The molecule has 6 rings (SSSR count). The van der Waals surface area contributed by atoms with E-state index >= 15 is 0 Å². The van der Waals surface area contributed by atoms with Crippen molar-refractivity contribution in [3.8, 4) is 5.75 Å². The van der Waals surface area contributed by atoms with Gasteiger partial charge in [0.2, 0.25) is 5.91 Å². The molecule has 0 heterocycles. The zero-order valence-corrected chi connectivity index (χ0v) is 31.4. The third kappa shape index (κ3) is 6.20. The van der Waals surface area contributed by atoms with Crippen molar-refractivity contribution >= 4 is 23.4 Å². The lowest BCUT2D eigenvalue weighted by Crippen LogP contribution is -2.65. The molecule has 1 aromatic carbocycles. The number of nitrogens with one attached hydrogen (secondary N) is 3. The largest absolute Gasteiger partial charge is 0.573 e. The predicted octanol–water partition coefficient (Wildman–Crippen LogP) is 9.36. The molecule has 5 aliphatic rings. The summed E-state index contributed by atoms with van der Waals surface area (Å²) >= 11 is 0. The van der Waals surface area contributed by atoms with Gasteiger partial charge in [-0.15, -0.1) is 13.2 Å². The van der Waals surface area contributed by atoms with Crippen molar-refractivity contribution in [1.29, 1.82) is 0 Å². The molecule has 0 aromatic heterocycles. The second-order valence-corrected chi connectivity index (χ2v) is 18.4. The van der Waals surface area contributed by atoms with E-state index in [0.29, 0.717) is 17.5 Å². The number of halogens is 3. The van der Waals surface area contributed by atoms with Gasteiger partial charge in [0.1, 0.15) is 5.75 Å². The number of anilines is 1. The van der Waals surface area contributed by atoms with E-state index in [9.17, 15) is 27.6 Å². The highest BCUT2D eigenvalue weighted by Gasteiger charge is 2.69. The molecule has 7 nitrogen and oxygen atoms in total. The Morgan fingerprint density at radius 2 is 1.55 bits per heavy atom. The fourth-order valence-electron chi connectivity index (χ4n) is 12.0. The fraction of sp³-hybridized carbons (Fsp3) is 0.683. The van der Waals surface area contributed by atoms with Crippen LogP contribution in [0.3, 0.4) is 0 Å². The molecule has 3 amide bonds. The first-order valence-electron chi connectivity index (χ1n) is 18.7. The summed E-state index contributed by atoms with van der Waals surface area (Å²) in [5, 5.41) is 8.51. The van der Waals surface area contributed by atoms with Crippen LogP contribution in [0.2, 0.25) is 0 Å². The zero-order chi connectivity index (χ0) is 37.4. The van der Waals surface area contributed by atoms with Crippen LogP contribution in [0.5, 0.6) is 5.75 Å². The molecule has 10 heteroatoms. The van der Waals surface area contributed by atoms with Gasteiger partial charge in [-0.05, 0) is 127 Å². The van der Waals surface area contributed by atoms with E-state index < -0.39 is 23.2 Å². The number of allylic oxidation sites excluding steroid dienone is 3. The van der Waals surface area contributed by atoms with Crippen LogP contribution < -0.4 is 20.7 Å². The summed E-state index contributed by atoms with van der Waals surface area (Å²) in [6.07, 6.45) is 6.04. The molecule has 4 saturated carbocycles. The summed E-state index contributed by atoms with van der Waals surface area (Å²) in [7, 11) is 0. The van der Waals surface area contributed by atoms with Gasteiger partial charge in [0.25, 0.3) is 0 Å². The maximum atomic E-state index is 14.4. The lowest BCUT2D eigenvalue weighted by Gasteiger charge is -2.70. The summed E-state index contributed by atoms with van der Waals surface area (Å²) in [6, 6.07) is 4.38. The summed E-state index contributed by atoms with van der Waals surface area (Å²) in [5.74, 6) is 0.774. The number of rotatable bonds is 6. The van der Waals surface area contributed by atoms with E-state index in [0.717, 1.165) is 75.5 Å². The van der Waals surface area contributed by atoms with E-state index in [2.05, 4.69) is 81.8 Å². The lowest BCUT2D eigenvalue weighted by atomic mass is 9.33. The predicted molar refractivity (Wildman–Crippen MR) is 192 cm³/mol. The molecule has 1 aromatic rings. The molecule has 0 bridgehead atoms. The Balaban J connectivity index is 1.16. The molecule has 0 radical (unpaired) electrons. The molecule has 0 saturated heterocycles. The first-order chi connectivity index (χ1) is 23.6. The first kappa shape index (κ1) is 37.5. The van der Waals surface area contributed by atoms with Crippen LogP contribution in [-0.4, -0.2) is 37.2 Å². The number of ether oxygens (including phenoxy) is 1. The van der Waals surface area contributed by atoms with Crippen LogP contribution in [0.25, 0.3) is 0 Å². The highest BCUT2D eigenvalue weighted by atomic mass is 19.4. The van der Waals surface area contributed by atoms with Crippen LogP contribution in [0.1, 0.15) is 106 Å². The highest BCUT2D eigenvalue weighted by Crippen LogP contribution is 2.75. The standard InChI is InChI=1S/C41H56F3N3O4/c1-25-23-37(6)30(36(4,5)32(25)48)15-16-39(8)31(37)14-13-28-29-24-35(2,3)17-19-40(29,20-18-38(28,39)7)33(49)45-21-22-46-34(50)47-26-9-11-27(12-10-26)51-41(42,43)44/h9-13,29-31H,1,14-24H2,2-8H3,(H,45,49)(H2,46,47,50)/t29-,30-,31+,37-,38+,39+,40-/m0/s1. The molecule has 4 fully saturated rings. The van der Waals surface area contributed by atoms with Crippen LogP contribution in [-0.2, 0) is 9.59 Å². The van der Waals surface area contributed by atoms with Gasteiger partial charge in [0.05, 0.1) is 5.41 Å². The Labute approximate surface area is 301 Å². The summed E-state index contributed by atoms with van der Waals surface area (Å²) in [4.78, 5) is 40.2. The number of carbonyl (C=O) groups excluding carboxylic acids is 3. The molecule has 0 unspecified atom stereocenters. The van der Waals surface area contributed by atoms with Crippen molar-refractivity contribution in [2.75, 3.05) is 18.4 Å². The molecule has 7 atom stereocenters. The summed E-state index contributed by atoms with van der Waals surface area (Å²) < 4.78 is 41.2. The molecular weight excluding hydrogens is 655 g/mol. The minimum absolute atomic E-state index is 0.0193. The Kier molecular flexibility index (Phi) is 9.10. The van der Waals surface area contributed by atoms with Gasteiger partial charge in [-0.3, -0.25) is 9.59 Å². The Morgan fingerprint density at radius 1 is 0.902 bits per heavy atom. The number of fused-ring (bicyclic) bond motifs is 7. The highest BCUT2D eigenvalue weighted by molar-refractivity contribution is 6.00. The fourth-order valence-corrected chi connectivity index (χ4v) is 12.0. The minimum atomic E-state index is -4.79. The second-order valence-electron chi connectivity index (χ2n) is 18.4. The Morgan fingerprint density at radius 3 is 2.22 bits per heavy atom. The van der Waals surface area contributed by atoms with Gasteiger partial charge in [0, 0.05) is 24.2 Å². The van der Waals surface area contributed by atoms with Gasteiger partial charge in [-0.1, -0.05) is 66.7 Å². The second kappa shape index (κ2) is 12.4. The van der Waals surface area contributed by atoms with Crippen molar-refractivity contribution in [2.24, 2.45) is 50.2 Å². The van der Waals surface area contributed by atoms with Crippen LogP contribution in [0.15, 0.2) is 48.1 Å². The number of ketones is 1. The van der Waals surface area contributed by atoms with Gasteiger partial charge in [-0.2, -0.15) is 0 Å². The normalized spacial score (nSPS) is 36.7. The van der Waals surface area contributed by atoms with Crippen LogP contribution in [0, 0.1) is 50.2 Å². The number of hydrogen-bond donors (Lipinski definition) is 3. The third-order valence-corrected chi connectivity index (χ3v) is 14.8. The SMILES string of the molecule is C=C1C[C@]2(C)[C@H]3CC=C4[C@@H]5CC(C)(C)CC[C@]5(C(=O)NCCNC(=O)Nc5ccc(OC(F)(F)F)cc5)CC[C@@]4(C)[C@]3(C)CC[C@H]2C(C)(C)C1=O. The van der Waals surface area contributed by atoms with E-state index in [1.54, 1.807) is 0 Å². The lowest BCUT2D eigenvalue weighted by molar-refractivity contribution is -0.274. The maximum Gasteiger partial charge on any atom is 0.573 e. The van der Waals surface area contributed by atoms with Gasteiger partial charge < -0.3 is 20.7 Å².